The van der Waals surface area contributed by atoms with E-state index >= 15 is 0 Å². The van der Waals surface area contributed by atoms with Gasteiger partial charge in [-0.25, -0.2) is 0 Å². The van der Waals surface area contributed by atoms with Crippen molar-refractivity contribution in [2.24, 2.45) is 0 Å². The fraction of sp³-hybridized carbons (Fsp3) is 0.0588. The minimum absolute atomic E-state index is 0.200. The van der Waals surface area contributed by atoms with Gasteiger partial charge < -0.3 is 9.64 Å². The standard InChI is InChI=1S/C68H45NO/c1-67(2)58-26-12-8-21-49(58)53-35-32-46(40-62(53)67)69(47-33-36-54-52-24-11-15-29-61(52)68(63(54)41-47)59-27-13-9-22-50(59)51-23-10-14-28-60(51)68)64-30-16-25-55-48-34-31-45(42-17-4-3-5-18-42)37-56(48)57-38-43-19-6-7-20-44(43)39-65(57)70-66(55)64/h3-41H,1-2H3. The van der Waals surface area contributed by atoms with E-state index in [2.05, 4.69) is 255 Å². The number of anilines is 3. The maximum atomic E-state index is 7.57. The molecule has 11 aromatic rings. The number of nitrogens with zero attached hydrogens (tertiary/aromatic N) is 1. The normalized spacial score (nSPS) is 14.2. The molecule has 0 N–H and O–H groups in total. The fourth-order valence-corrected chi connectivity index (χ4v) is 12.9. The average Bonchev–Trinajstić information content (AvgIpc) is 3.93. The zero-order valence-corrected chi connectivity index (χ0v) is 38.9. The summed E-state index contributed by atoms with van der Waals surface area (Å²) in [5.74, 6) is 1.66. The molecular weight excluding hydrogens is 847 g/mol. The summed E-state index contributed by atoms with van der Waals surface area (Å²) in [5.41, 5.74) is 24.9. The number of benzene rings is 11. The molecule has 0 saturated heterocycles. The molecule has 4 aliphatic rings. The first kappa shape index (κ1) is 39.3. The molecule has 0 radical (unpaired) electrons. The Labute approximate surface area is 408 Å². The van der Waals surface area contributed by atoms with E-state index in [9.17, 15) is 0 Å². The summed E-state index contributed by atoms with van der Waals surface area (Å²) in [4.78, 5) is 2.48. The second-order valence-electron chi connectivity index (χ2n) is 19.9. The topological polar surface area (TPSA) is 12.5 Å². The van der Waals surface area contributed by atoms with Crippen molar-refractivity contribution < 1.29 is 4.74 Å². The summed E-state index contributed by atoms with van der Waals surface area (Å²) < 4.78 is 7.57. The largest absolute Gasteiger partial charge is 0.454 e. The van der Waals surface area contributed by atoms with Gasteiger partial charge in [-0.05, 0) is 148 Å². The molecule has 0 saturated carbocycles. The maximum absolute atomic E-state index is 7.57. The molecule has 2 nitrogen and oxygen atoms in total. The Morgan fingerprint density at radius 3 is 1.47 bits per heavy atom. The minimum atomic E-state index is -0.498. The van der Waals surface area contributed by atoms with Crippen molar-refractivity contribution >= 4 is 27.8 Å². The zero-order valence-electron chi connectivity index (χ0n) is 38.9. The Morgan fingerprint density at radius 2 is 0.814 bits per heavy atom. The molecule has 0 amide bonds. The van der Waals surface area contributed by atoms with Crippen LogP contribution in [-0.2, 0) is 10.8 Å². The molecule has 15 rings (SSSR count). The number of para-hydroxylation sites is 1. The van der Waals surface area contributed by atoms with Crippen LogP contribution in [0.3, 0.4) is 0 Å². The van der Waals surface area contributed by atoms with Gasteiger partial charge in [-0.2, -0.15) is 0 Å². The van der Waals surface area contributed by atoms with Crippen LogP contribution in [0, 0.1) is 0 Å². The monoisotopic (exact) mass is 891 g/mol. The smallest absolute Gasteiger partial charge is 0.159 e. The lowest BCUT2D eigenvalue weighted by Gasteiger charge is -2.33. The van der Waals surface area contributed by atoms with E-state index in [-0.39, 0.29) is 5.41 Å². The van der Waals surface area contributed by atoms with Crippen molar-refractivity contribution in [1.82, 2.24) is 0 Å². The van der Waals surface area contributed by atoms with E-state index < -0.39 is 5.41 Å². The molecule has 328 valence electrons. The molecule has 0 atom stereocenters. The molecule has 0 unspecified atom stereocenters. The Morgan fingerprint density at radius 1 is 0.314 bits per heavy atom. The molecule has 1 spiro atoms. The van der Waals surface area contributed by atoms with Gasteiger partial charge in [0, 0.05) is 27.9 Å². The highest BCUT2D eigenvalue weighted by molar-refractivity contribution is 6.02. The van der Waals surface area contributed by atoms with Gasteiger partial charge in [-0.3, -0.25) is 0 Å². The van der Waals surface area contributed by atoms with E-state index in [1.807, 2.05) is 0 Å². The highest BCUT2D eigenvalue weighted by Crippen LogP contribution is 2.64. The molecule has 1 heterocycles. The Balaban J connectivity index is 1.01. The van der Waals surface area contributed by atoms with Gasteiger partial charge in [-0.15, -0.1) is 0 Å². The average molecular weight is 892 g/mol. The molecule has 0 bridgehead atoms. The highest BCUT2D eigenvalue weighted by atomic mass is 16.5. The van der Waals surface area contributed by atoms with E-state index in [4.69, 9.17) is 4.74 Å². The van der Waals surface area contributed by atoms with Crippen LogP contribution in [0.25, 0.3) is 77.5 Å². The van der Waals surface area contributed by atoms with Gasteiger partial charge in [0.25, 0.3) is 0 Å². The number of ether oxygens (including phenoxy) is 1. The van der Waals surface area contributed by atoms with Gasteiger partial charge >= 0.3 is 0 Å². The van der Waals surface area contributed by atoms with Gasteiger partial charge in [-0.1, -0.05) is 202 Å². The van der Waals surface area contributed by atoms with Gasteiger partial charge in [0.05, 0.1) is 11.1 Å². The van der Waals surface area contributed by atoms with E-state index in [0.717, 1.165) is 56.2 Å². The number of rotatable bonds is 4. The van der Waals surface area contributed by atoms with Crippen LogP contribution in [-0.4, -0.2) is 0 Å². The van der Waals surface area contributed by atoms with Crippen molar-refractivity contribution in [3.63, 3.8) is 0 Å². The molecule has 2 heteroatoms. The zero-order chi connectivity index (χ0) is 46.3. The van der Waals surface area contributed by atoms with Gasteiger partial charge in [0.2, 0.25) is 0 Å². The van der Waals surface area contributed by atoms with Crippen LogP contribution in [0.15, 0.2) is 237 Å². The van der Waals surface area contributed by atoms with Crippen molar-refractivity contribution in [3.05, 3.63) is 270 Å². The third kappa shape index (κ3) is 5.28. The fourth-order valence-electron chi connectivity index (χ4n) is 12.9. The molecule has 70 heavy (non-hydrogen) atoms. The van der Waals surface area contributed by atoms with Crippen molar-refractivity contribution in [3.8, 4) is 78.3 Å². The first-order chi connectivity index (χ1) is 34.5. The third-order valence-electron chi connectivity index (χ3n) is 16.1. The first-order valence-corrected chi connectivity index (χ1v) is 24.5. The number of fused-ring (bicyclic) bond motifs is 19. The van der Waals surface area contributed by atoms with E-state index in [1.54, 1.807) is 0 Å². The quantitative estimate of drug-likeness (QED) is 0.175. The molecule has 11 aromatic carbocycles. The molecule has 0 aromatic heterocycles. The molecular formula is C68H45NO. The van der Waals surface area contributed by atoms with Gasteiger partial charge in [0.1, 0.15) is 5.75 Å². The Hall–Kier alpha value is -8.72. The SMILES string of the molecule is CC1(C)c2ccccc2-c2ccc(N(c3ccc4c(c3)C3(c5ccccc5-c5ccccc53)c3ccccc3-4)c3cccc4c3Oc3cc5ccccc5cc3-c3cc(-c5ccccc5)ccc3-4)cc21. The summed E-state index contributed by atoms with van der Waals surface area (Å²) in [7, 11) is 0. The summed E-state index contributed by atoms with van der Waals surface area (Å²) in [6.45, 7) is 4.74. The van der Waals surface area contributed by atoms with Crippen molar-refractivity contribution in [1.29, 1.82) is 0 Å². The summed E-state index contributed by atoms with van der Waals surface area (Å²) in [6.07, 6.45) is 0. The van der Waals surface area contributed by atoms with Crippen LogP contribution in [0.1, 0.15) is 47.2 Å². The third-order valence-corrected chi connectivity index (χ3v) is 16.1. The summed E-state index contributed by atoms with van der Waals surface area (Å²) in [5, 5.41) is 2.32. The lowest BCUT2D eigenvalue weighted by Crippen LogP contribution is -2.26. The predicted molar refractivity (Wildman–Crippen MR) is 289 cm³/mol. The maximum Gasteiger partial charge on any atom is 0.159 e. The Kier molecular flexibility index (Phi) is 8.08. The molecule has 1 aliphatic heterocycles. The van der Waals surface area contributed by atoms with Crippen LogP contribution in [0.2, 0.25) is 0 Å². The number of hydrogen-bond donors (Lipinski definition) is 0. The Bertz CT molecular complexity index is 3960. The molecule has 0 fully saturated rings. The summed E-state index contributed by atoms with van der Waals surface area (Å²) in [6, 6.07) is 88.0. The van der Waals surface area contributed by atoms with Crippen LogP contribution >= 0.6 is 0 Å². The minimum Gasteiger partial charge on any atom is -0.454 e. The van der Waals surface area contributed by atoms with Crippen molar-refractivity contribution in [2.45, 2.75) is 24.7 Å². The van der Waals surface area contributed by atoms with Crippen LogP contribution in [0.5, 0.6) is 11.5 Å². The summed E-state index contributed by atoms with van der Waals surface area (Å²) >= 11 is 0. The van der Waals surface area contributed by atoms with Crippen LogP contribution < -0.4 is 9.64 Å². The second kappa shape index (κ2) is 14.4. The number of hydrogen-bond acceptors (Lipinski definition) is 2. The van der Waals surface area contributed by atoms with E-state index in [0.29, 0.717) is 0 Å². The highest BCUT2D eigenvalue weighted by Gasteiger charge is 2.52. The lowest BCUT2D eigenvalue weighted by atomic mass is 9.70. The van der Waals surface area contributed by atoms with E-state index in [1.165, 1.54) is 83.3 Å². The van der Waals surface area contributed by atoms with Crippen molar-refractivity contribution in [2.75, 3.05) is 4.90 Å². The van der Waals surface area contributed by atoms with Crippen LogP contribution in [0.4, 0.5) is 17.1 Å². The predicted octanol–water partition coefficient (Wildman–Crippen LogP) is 18.1. The first-order valence-electron chi connectivity index (χ1n) is 24.5. The van der Waals surface area contributed by atoms with Gasteiger partial charge in [0.15, 0.2) is 5.75 Å². The molecule has 3 aliphatic carbocycles. The second-order valence-corrected chi connectivity index (χ2v) is 19.9. The lowest BCUT2D eigenvalue weighted by molar-refractivity contribution is 0.489.